The number of hydrogen-bond donors (Lipinski definition) is 0. The van der Waals surface area contributed by atoms with Gasteiger partial charge in [-0.25, -0.2) is 0 Å². The van der Waals surface area contributed by atoms with E-state index in [2.05, 4.69) is 25.9 Å². The van der Waals surface area contributed by atoms with Crippen LogP contribution in [0.15, 0.2) is 59.3 Å². The number of Topliss-reactive ketones (excluding diaryl/α,β-unsaturated/α-hetero) is 2. The van der Waals surface area contributed by atoms with Gasteiger partial charge in [0.2, 0.25) is 0 Å². The van der Waals surface area contributed by atoms with Crippen LogP contribution in [-0.2, 0) is 0 Å². The third kappa shape index (κ3) is 3.09. The second-order valence-corrected chi connectivity index (χ2v) is 5.71. The average Bonchev–Trinajstić information content (AvgIpc) is 2.54. The Hall–Kier alpha value is -2.40. The summed E-state index contributed by atoms with van der Waals surface area (Å²) in [4.78, 5) is 32.8. The molecule has 0 unspecified atom stereocenters. The first-order valence-corrected chi connectivity index (χ1v) is 7.45. The summed E-state index contributed by atoms with van der Waals surface area (Å²) in [5.74, 6) is -0.428. The molecule has 0 radical (unpaired) electrons. The van der Waals surface area contributed by atoms with Gasteiger partial charge < -0.3 is 0 Å². The number of aromatic nitrogens is 2. The Balaban J connectivity index is 1.82. The second kappa shape index (κ2) is 6.15. The molecule has 0 spiro atoms. The van der Waals surface area contributed by atoms with E-state index in [1.807, 2.05) is 6.07 Å². The number of ketones is 2. The zero-order valence-electron chi connectivity index (χ0n) is 11.5. The molecule has 0 saturated heterocycles. The summed E-state index contributed by atoms with van der Waals surface area (Å²) in [6, 6.07) is 12.1. The summed E-state index contributed by atoms with van der Waals surface area (Å²) in [5, 5.41) is 0. The average molecular weight is 355 g/mol. The molecule has 0 aliphatic rings. The maximum Gasteiger partial charge on any atom is 0.170 e. The molecule has 108 valence electrons. The smallest absolute Gasteiger partial charge is 0.170 e. The van der Waals surface area contributed by atoms with Crippen molar-refractivity contribution < 1.29 is 9.59 Å². The van der Waals surface area contributed by atoms with E-state index in [1.165, 1.54) is 0 Å². The van der Waals surface area contributed by atoms with Gasteiger partial charge in [-0.3, -0.25) is 19.6 Å². The minimum atomic E-state index is -0.225. The van der Waals surface area contributed by atoms with Gasteiger partial charge in [-0.15, -0.1) is 0 Å². The van der Waals surface area contributed by atoms with E-state index >= 15 is 0 Å². The fourth-order valence-corrected chi connectivity index (χ4v) is 2.55. The largest absolute Gasteiger partial charge is 0.294 e. The molecule has 0 saturated carbocycles. The first-order chi connectivity index (χ1) is 10.6. The Labute approximate surface area is 135 Å². The Kier molecular flexibility index (Phi) is 4.06. The van der Waals surface area contributed by atoms with Crippen molar-refractivity contribution in [1.82, 2.24) is 9.97 Å². The number of rotatable bonds is 4. The van der Waals surface area contributed by atoms with Crippen LogP contribution in [0.1, 0.15) is 27.1 Å². The third-order valence-corrected chi connectivity index (χ3v) is 3.75. The molecule has 5 heteroatoms. The highest BCUT2D eigenvalue weighted by molar-refractivity contribution is 9.10. The van der Waals surface area contributed by atoms with E-state index in [0.717, 1.165) is 9.99 Å². The summed E-state index contributed by atoms with van der Waals surface area (Å²) < 4.78 is 0.812. The molecular formula is C17H11BrN2O2. The van der Waals surface area contributed by atoms with Crippen molar-refractivity contribution in [1.29, 1.82) is 0 Å². The molecule has 0 amide bonds. The molecule has 0 bridgehead atoms. The van der Waals surface area contributed by atoms with Gasteiger partial charge >= 0.3 is 0 Å². The van der Waals surface area contributed by atoms with Crippen LogP contribution < -0.4 is 0 Å². The zero-order valence-corrected chi connectivity index (χ0v) is 13.1. The van der Waals surface area contributed by atoms with Gasteiger partial charge in [0.15, 0.2) is 11.6 Å². The van der Waals surface area contributed by atoms with Crippen molar-refractivity contribution in [2.45, 2.75) is 6.42 Å². The Morgan fingerprint density at radius 1 is 0.864 bits per heavy atom. The summed E-state index contributed by atoms with van der Waals surface area (Å²) in [6.07, 6.45) is 3.01. The maximum absolute atomic E-state index is 12.3. The van der Waals surface area contributed by atoms with Crippen molar-refractivity contribution in [3.63, 3.8) is 0 Å². The van der Waals surface area contributed by atoms with E-state index in [0.29, 0.717) is 16.6 Å². The number of halogens is 1. The molecule has 0 aliphatic carbocycles. The highest BCUT2D eigenvalue weighted by Crippen LogP contribution is 2.16. The summed E-state index contributed by atoms with van der Waals surface area (Å²) in [5.41, 5.74) is 2.35. The number of nitrogens with zero attached hydrogens (tertiary/aromatic N) is 2. The van der Waals surface area contributed by atoms with Gasteiger partial charge in [0.25, 0.3) is 0 Å². The van der Waals surface area contributed by atoms with Crippen LogP contribution in [-0.4, -0.2) is 21.5 Å². The maximum atomic E-state index is 12.3. The highest BCUT2D eigenvalue weighted by Gasteiger charge is 2.14. The van der Waals surface area contributed by atoms with Crippen molar-refractivity contribution in [3.8, 4) is 0 Å². The molecule has 0 aliphatic heterocycles. The molecule has 3 aromatic rings. The number of fused-ring (bicyclic) bond motifs is 1. The van der Waals surface area contributed by atoms with Gasteiger partial charge in [0.05, 0.1) is 17.5 Å². The molecule has 4 nitrogen and oxygen atoms in total. The quantitative estimate of drug-likeness (QED) is 0.527. The van der Waals surface area contributed by atoms with Gasteiger partial charge in [-0.05, 0) is 30.3 Å². The zero-order chi connectivity index (χ0) is 15.5. The Morgan fingerprint density at radius 2 is 1.55 bits per heavy atom. The number of hydrogen-bond acceptors (Lipinski definition) is 4. The fourth-order valence-electron chi connectivity index (χ4n) is 2.15. The number of carbonyl (C=O) groups excluding carboxylic acids is 2. The molecule has 1 aromatic heterocycles. The lowest BCUT2D eigenvalue weighted by Gasteiger charge is -2.03. The van der Waals surface area contributed by atoms with Crippen LogP contribution in [0.3, 0.4) is 0 Å². The predicted molar refractivity (Wildman–Crippen MR) is 87.0 cm³/mol. The molecule has 0 atom stereocenters. The van der Waals surface area contributed by atoms with E-state index in [1.54, 1.807) is 48.8 Å². The van der Waals surface area contributed by atoms with Gasteiger partial charge in [0, 0.05) is 28.0 Å². The minimum Gasteiger partial charge on any atom is -0.294 e. The lowest BCUT2D eigenvalue weighted by molar-refractivity contribution is 0.0894. The van der Waals surface area contributed by atoms with Crippen molar-refractivity contribution in [2.75, 3.05) is 0 Å². The predicted octanol–water partition coefficient (Wildman–Crippen LogP) is 3.85. The van der Waals surface area contributed by atoms with Crippen LogP contribution in [0.2, 0.25) is 0 Å². The monoisotopic (exact) mass is 354 g/mol. The normalized spacial score (nSPS) is 10.6. The van der Waals surface area contributed by atoms with Gasteiger partial charge in [-0.2, -0.15) is 0 Å². The first-order valence-electron chi connectivity index (χ1n) is 6.66. The fraction of sp³-hybridized carbons (Fsp3) is 0.0588. The minimum absolute atomic E-state index is 0.164. The first kappa shape index (κ1) is 14.5. The van der Waals surface area contributed by atoms with Crippen molar-refractivity contribution in [3.05, 3.63) is 70.5 Å². The van der Waals surface area contributed by atoms with Crippen LogP contribution in [0.5, 0.6) is 0 Å². The molecule has 2 aromatic carbocycles. The van der Waals surface area contributed by atoms with E-state index < -0.39 is 0 Å². The van der Waals surface area contributed by atoms with Crippen molar-refractivity contribution in [2.24, 2.45) is 0 Å². The SMILES string of the molecule is O=C(CC(=O)c1ccc2nccnc2c1)c1cccc(Br)c1. The molecule has 0 fully saturated rings. The third-order valence-electron chi connectivity index (χ3n) is 3.26. The molecule has 3 rings (SSSR count). The van der Waals surface area contributed by atoms with Crippen LogP contribution in [0.25, 0.3) is 11.0 Å². The van der Waals surface area contributed by atoms with Gasteiger partial charge in [0.1, 0.15) is 0 Å². The lowest BCUT2D eigenvalue weighted by atomic mass is 10.0. The van der Waals surface area contributed by atoms with E-state index in [4.69, 9.17) is 0 Å². The van der Waals surface area contributed by atoms with E-state index in [-0.39, 0.29) is 18.0 Å². The highest BCUT2D eigenvalue weighted by atomic mass is 79.9. The summed E-state index contributed by atoms with van der Waals surface area (Å²) >= 11 is 3.32. The lowest BCUT2D eigenvalue weighted by Crippen LogP contribution is -2.08. The molecule has 0 N–H and O–H groups in total. The Bertz CT molecular complexity index is 877. The van der Waals surface area contributed by atoms with Crippen LogP contribution in [0.4, 0.5) is 0 Å². The molecular weight excluding hydrogens is 344 g/mol. The molecule has 1 heterocycles. The van der Waals surface area contributed by atoms with Gasteiger partial charge in [-0.1, -0.05) is 28.1 Å². The molecule has 22 heavy (non-hydrogen) atoms. The Morgan fingerprint density at radius 3 is 2.27 bits per heavy atom. The van der Waals surface area contributed by atoms with Crippen LogP contribution >= 0.6 is 15.9 Å². The van der Waals surface area contributed by atoms with Crippen molar-refractivity contribution >= 4 is 38.5 Å². The second-order valence-electron chi connectivity index (χ2n) is 4.79. The number of benzene rings is 2. The topological polar surface area (TPSA) is 59.9 Å². The standard InChI is InChI=1S/C17H11BrN2O2/c18-13-3-1-2-11(8-13)16(21)10-17(22)12-4-5-14-15(9-12)20-7-6-19-14/h1-9H,10H2. The summed E-state index contributed by atoms with van der Waals surface area (Å²) in [6.45, 7) is 0. The van der Waals surface area contributed by atoms with E-state index in [9.17, 15) is 9.59 Å². The number of carbonyl (C=O) groups is 2. The van der Waals surface area contributed by atoms with Crippen LogP contribution in [0, 0.1) is 0 Å². The summed E-state index contributed by atoms with van der Waals surface area (Å²) in [7, 11) is 0.